The van der Waals surface area contributed by atoms with Gasteiger partial charge in [-0.15, -0.1) is 0 Å². The Bertz CT molecular complexity index is 707. The van der Waals surface area contributed by atoms with Crippen LogP contribution in [0.4, 0.5) is 0 Å². The first-order chi connectivity index (χ1) is 13.3. The van der Waals surface area contributed by atoms with Crippen molar-refractivity contribution < 1.29 is 23.9 Å². The number of hydrogen-bond acceptors (Lipinski definition) is 7. The highest BCUT2D eigenvalue weighted by atomic mass is 16.5. The van der Waals surface area contributed by atoms with Crippen molar-refractivity contribution >= 4 is 17.8 Å². The van der Waals surface area contributed by atoms with Gasteiger partial charge in [0.15, 0.2) is 6.61 Å². The summed E-state index contributed by atoms with van der Waals surface area (Å²) >= 11 is 0. The third-order valence-corrected chi connectivity index (χ3v) is 4.41. The van der Waals surface area contributed by atoms with Gasteiger partial charge in [-0.3, -0.25) is 19.3 Å². The van der Waals surface area contributed by atoms with E-state index in [-0.39, 0.29) is 5.92 Å². The maximum Gasteiger partial charge on any atom is 0.303 e. The summed E-state index contributed by atoms with van der Waals surface area (Å²) in [5, 5.41) is 0.567. The minimum Gasteiger partial charge on any atom is -0.493 e. The van der Waals surface area contributed by atoms with Crippen molar-refractivity contribution in [3.8, 4) is 5.75 Å². The Morgan fingerprint density at radius 2 is 2.07 bits per heavy atom. The number of hydrogen-bond donors (Lipinski definition) is 1. The molecule has 8 heteroatoms. The minimum absolute atomic E-state index is 0.355. The third kappa shape index (κ3) is 6.61. The summed E-state index contributed by atoms with van der Waals surface area (Å²) in [4.78, 5) is 37.2. The zero-order valence-corrected chi connectivity index (χ0v) is 16.7. The fraction of sp³-hybridized carbons (Fsp3) is 0.550. The topological polar surface area (TPSA) is 102 Å². The maximum atomic E-state index is 12.4. The lowest BCUT2D eigenvalue weighted by atomic mass is 10.1. The second-order valence-electron chi connectivity index (χ2n) is 7.46. The Hall–Kier alpha value is -2.45. The van der Waals surface area contributed by atoms with Crippen LogP contribution in [0.3, 0.4) is 0 Å². The zero-order valence-electron chi connectivity index (χ0n) is 16.7. The van der Waals surface area contributed by atoms with Crippen LogP contribution < -0.4 is 10.6 Å². The van der Waals surface area contributed by atoms with Crippen molar-refractivity contribution in [1.82, 2.24) is 9.91 Å². The number of carbonyl (C=O) groups is 3. The van der Waals surface area contributed by atoms with Crippen molar-refractivity contribution in [2.24, 2.45) is 17.7 Å². The van der Waals surface area contributed by atoms with Gasteiger partial charge >= 0.3 is 5.97 Å². The van der Waals surface area contributed by atoms with E-state index in [0.717, 1.165) is 17.9 Å². The van der Waals surface area contributed by atoms with E-state index < -0.39 is 24.4 Å². The van der Waals surface area contributed by atoms with Crippen LogP contribution in [-0.2, 0) is 25.7 Å². The Morgan fingerprint density at radius 1 is 1.32 bits per heavy atom. The van der Waals surface area contributed by atoms with Gasteiger partial charge in [0.25, 0.3) is 5.91 Å². The van der Waals surface area contributed by atoms with E-state index in [9.17, 15) is 14.4 Å². The van der Waals surface area contributed by atoms with Crippen molar-refractivity contribution in [2.75, 3.05) is 26.3 Å². The molecule has 8 nitrogen and oxygen atoms in total. The van der Waals surface area contributed by atoms with E-state index in [4.69, 9.17) is 10.6 Å². The molecule has 1 unspecified atom stereocenters. The van der Waals surface area contributed by atoms with Crippen molar-refractivity contribution in [1.29, 1.82) is 0 Å². The number of nitrogens with two attached hydrogens (primary N) is 1. The van der Waals surface area contributed by atoms with E-state index in [2.05, 4.69) is 23.5 Å². The standard InChI is InChI=1S/C20H29N3O5/c1-14(2)12-28-18-6-4-5-16(9-18)10-22-8-7-17(11-22)20(26)23(21)19(25)13-27-15(3)24/h4-6,9,14,17H,7-8,10-13,21H2,1-3H3. The molecule has 0 aromatic heterocycles. The highest BCUT2D eigenvalue weighted by Crippen LogP contribution is 2.22. The molecule has 2 N–H and O–H groups in total. The van der Waals surface area contributed by atoms with Gasteiger partial charge in [-0.1, -0.05) is 26.0 Å². The largest absolute Gasteiger partial charge is 0.493 e. The van der Waals surface area contributed by atoms with Crippen LogP contribution in [0.25, 0.3) is 0 Å². The molecule has 1 saturated heterocycles. The molecule has 1 aromatic carbocycles. The summed E-state index contributed by atoms with van der Waals surface area (Å²) in [7, 11) is 0. The molecule has 0 spiro atoms. The number of esters is 1. The number of ether oxygens (including phenoxy) is 2. The Balaban J connectivity index is 1.86. The quantitative estimate of drug-likeness (QED) is 0.309. The first-order valence-electron chi connectivity index (χ1n) is 9.45. The fourth-order valence-corrected chi connectivity index (χ4v) is 2.99. The van der Waals surface area contributed by atoms with Gasteiger partial charge in [0, 0.05) is 20.0 Å². The van der Waals surface area contributed by atoms with Gasteiger partial charge in [-0.2, -0.15) is 0 Å². The fourth-order valence-electron chi connectivity index (χ4n) is 2.99. The monoisotopic (exact) mass is 391 g/mol. The van der Waals surface area contributed by atoms with E-state index >= 15 is 0 Å². The predicted octanol–water partition coefficient (Wildman–Crippen LogP) is 1.34. The molecule has 1 aliphatic rings. The number of benzene rings is 1. The van der Waals surface area contributed by atoms with Crippen LogP contribution in [0.5, 0.6) is 5.75 Å². The first kappa shape index (κ1) is 21.8. The van der Waals surface area contributed by atoms with Crippen LogP contribution in [0, 0.1) is 11.8 Å². The number of rotatable bonds is 8. The third-order valence-electron chi connectivity index (χ3n) is 4.41. The lowest BCUT2D eigenvalue weighted by Crippen LogP contribution is -2.48. The van der Waals surface area contributed by atoms with Crippen molar-refractivity contribution in [2.45, 2.75) is 33.7 Å². The van der Waals surface area contributed by atoms with Gasteiger partial charge in [-0.25, -0.2) is 10.9 Å². The molecule has 2 rings (SSSR count). The van der Waals surface area contributed by atoms with Crippen molar-refractivity contribution in [3.05, 3.63) is 29.8 Å². The van der Waals surface area contributed by atoms with E-state index in [1.54, 1.807) is 0 Å². The van der Waals surface area contributed by atoms with Gasteiger partial charge in [0.05, 0.1) is 12.5 Å². The van der Waals surface area contributed by atoms with Crippen LogP contribution in [0.2, 0.25) is 0 Å². The summed E-state index contributed by atoms with van der Waals surface area (Å²) in [6.45, 7) is 7.47. The van der Waals surface area contributed by atoms with Gasteiger partial charge in [-0.05, 0) is 36.6 Å². The van der Waals surface area contributed by atoms with E-state index in [0.29, 0.717) is 37.0 Å². The molecule has 0 saturated carbocycles. The number of hydrazine groups is 1. The average molecular weight is 391 g/mol. The van der Waals surface area contributed by atoms with Crippen LogP contribution in [0.1, 0.15) is 32.8 Å². The molecule has 0 bridgehead atoms. The normalized spacial score (nSPS) is 16.8. The van der Waals surface area contributed by atoms with Crippen LogP contribution in [0.15, 0.2) is 24.3 Å². The lowest BCUT2D eigenvalue weighted by Gasteiger charge is -2.20. The molecule has 1 fully saturated rings. The zero-order chi connectivity index (χ0) is 20.7. The number of imide groups is 1. The molecule has 0 aliphatic carbocycles. The van der Waals surface area contributed by atoms with Gasteiger partial charge in [0.2, 0.25) is 5.91 Å². The van der Waals surface area contributed by atoms with Gasteiger partial charge < -0.3 is 9.47 Å². The average Bonchev–Trinajstić information content (AvgIpc) is 3.11. The summed E-state index contributed by atoms with van der Waals surface area (Å²) in [6.07, 6.45) is 0.622. The van der Waals surface area contributed by atoms with Gasteiger partial charge in [0.1, 0.15) is 5.75 Å². The maximum absolute atomic E-state index is 12.4. The highest BCUT2D eigenvalue weighted by Gasteiger charge is 2.33. The molecule has 28 heavy (non-hydrogen) atoms. The number of likely N-dealkylation sites (tertiary alicyclic amines) is 1. The Kier molecular flexibility index (Phi) is 7.95. The molecule has 1 aromatic rings. The second-order valence-corrected chi connectivity index (χ2v) is 7.46. The Morgan fingerprint density at radius 3 is 2.75 bits per heavy atom. The molecule has 1 heterocycles. The minimum atomic E-state index is -0.728. The highest BCUT2D eigenvalue weighted by molar-refractivity contribution is 5.96. The predicted molar refractivity (Wildman–Crippen MR) is 103 cm³/mol. The molecule has 2 amide bonds. The number of amides is 2. The Labute approximate surface area is 165 Å². The van der Waals surface area contributed by atoms with Crippen LogP contribution >= 0.6 is 0 Å². The molecule has 0 radical (unpaired) electrons. The van der Waals surface area contributed by atoms with Crippen LogP contribution in [-0.4, -0.2) is 54.0 Å². The molecular formula is C20H29N3O5. The summed E-state index contributed by atoms with van der Waals surface area (Å²) < 4.78 is 10.4. The second kappa shape index (κ2) is 10.2. The number of nitrogens with zero attached hydrogens (tertiary/aromatic N) is 2. The van der Waals surface area contributed by atoms with E-state index in [1.165, 1.54) is 6.92 Å². The smallest absolute Gasteiger partial charge is 0.303 e. The SMILES string of the molecule is CC(=O)OCC(=O)N(N)C(=O)C1CCN(Cc2cccc(OCC(C)C)c2)C1. The molecule has 154 valence electrons. The summed E-state index contributed by atoms with van der Waals surface area (Å²) in [5.41, 5.74) is 1.10. The summed E-state index contributed by atoms with van der Waals surface area (Å²) in [6, 6.07) is 7.92. The molecule has 1 aliphatic heterocycles. The molecule has 1 atom stereocenters. The molecular weight excluding hydrogens is 362 g/mol. The lowest BCUT2D eigenvalue weighted by molar-refractivity contribution is -0.156. The van der Waals surface area contributed by atoms with E-state index in [1.807, 2.05) is 24.3 Å². The summed E-state index contributed by atoms with van der Waals surface area (Å²) in [5.74, 6) is 4.77. The number of carbonyl (C=O) groups excluding carboxylic acids is 3. The van der Waals surface area contributed by atoms with Crippen molar-refractivity contribution in [3.63, 3.8) is 0 Å². The first-order valence-corrected chi connectivity index (χ1v) is 9.45.